The standard InChI is InChI=1S/C8H9ClO2S2/c1-12-4-5(8(10)11)6-2-3-7(9)13-6/h2-3,5H,4H2,1H3,(H,10,11). The molecular formula is C8H9ClO2S2. The van der Waals surface area contributed by atoms with E-state index in [-0.39, 0.29) is 0 Å². The normalized spacial score (nSPS) is 12.8. The van der Waals surface area contributed by atoms with Crippen molar-refractivity contribution in [2.24, 2.45) is 0 Å². The third-order valence-corrected chi connectivity index (χ3v) is 3.58. The van der Waals surface area contributed by atoms with Gasteiger partial charge in [0.1, 0.15) is 0 Å². The quantitative estimate of drug-likeness (QED) is 0.874. The van der Waals surface area contributed by atoms with Gasteiger partial charge in [-0.15, -0.1) is 11.3 Å². The van der Waals surface area contributed by atoms with Crippen molar-refractivity contribution in [3.63, 3.8) is 0 Å². The fourth-order valence-corrected chi connectivity index (χ4v) is 2.87. The maximum absolute atomic E-state index is 10.8. The molecule has 5 heteroatoms. The average molecular weight is 237 g/mol. The maximum atomic E-state index is 10.8. The number of aliphatic carboxylic acids is 1. The molecule has 0 bridgehead atoms. The van der Waals surface area contributed by atoms with E-state index in [1.165, 1.54) is 23.1 Å². The van der Waals surface area contributed by atoms with E-state index in [4.69, 9.17) is 16.7 Å². The summed E-state index contributed by atoms with van der Waals surface area (Å²) in [6.07, 6.45) is 1.89. The molecule has 1 N–H and O–H groups in total. The summed E-state index contributed by atoms with van der Waals surface area (Å²) < 4.78 is 0.641. The molecular weight excluding hydrogens is 228 g/mol. The van der Waals surface area contributed by atoms with Crippen LogP contribution >= 0.6 is 34.7 Å². The van der Waals surface area contributed by atoms with Gasteiger partial charge in [0, 0.05) is 10.6 Å². The van der Waals surface area contributed by atoms with Crippen molar-refractivity contribution in [1.82, 2.24) is 0 Å². The van der Waals surface area contributed by atoms with Gasteiger partial charge in [-0.1, -0.05) is 11.6 Å². The van der Waals surface area contributed by atoms with Crippen LogP contribution in [0.2, 0.25) is 4.34 Å². The number of carboxylic acids is 1. The number of carbonyl (C=O) groups is 1. The van der Waals surface area contributed by atoms with Crippen molar-refractivity contribution in [1.29, 1.82) is 0 Å². The van der Waals surface area contributed by atoms with E-state index in [0.29, 0.717) is 10.1 Å². The molecule has 1 aromatic rings. The van der Waals surface area contributed by atoms with Crippen molar-refractivity contribution in [3.8, 4) is 0 Å². The maximum Gasteiger partial charge on any atom is 0.312 e. The Bertz CT molecular complexity index is 298. The van der Waals surface area contributed by atoms with Gasteiger partial charge in [0.15, 0.2) is 0 Å². The van der Waals surface area contributed by atoms with E-state index >= 15 is 0 Å². The predicted octanol–water partition coefficient (Wildman–Crippen LogP) is 2.93. The molecule has 0 spiro atoms. The molecule has 1 unspecified atom stereocenters. The molecule has 0 aliphatic rings. The molecule has 0 fully saturated rings. The topological polar surface area (TPSA) is 37.3 Å². The highest BCUT2D eigenvalue weighted by molar-refractivity contribution is 7.98. The molecule has 0 amide bonds. The van der Waals surface area contributed by atoms with Gasteiger partial charge in [0.25, 0.3) is 0 Å². The molecule has 2 nitrogen and oxygen atoms in total. The smallest absolute Gasteiger partial charge is 0.312 e. The number of thioether (sulfide) groups is 1. The highest BCUT2D eigenvalue weighted by atomic mass is 35.5. The molecule has 1 rings (SSSR count). The predicted molar refractivity (Wildman–Crippen MR) is 58.1 cm³/mol. The van der Waals surface area contributed by atoms with Gasteiger partial charge in [-0.05, 0) is 18.4 Å². The Hall–Kier alpha value is -0.190. The summed E-state index contributed by atoms with van der Waals surface area (Å²) in [5.41, 5.74) is 0. The van der Waals surface area contributed by atoms with Gasteiger partial charge in [0.2, 0.25) is 0 Å². The summed E-state index contributed by atoms with van der Waals surface area (Å²) in [4.78, 5) is 11.7. The molecule has 0 aromatic carbocycles. The van der Waals surface area contributed by atoms with Crippen molar-refractivity contribution in [2.75, 3.05) is 12.0 Å². The first-order valence-corrected chi connectivity index (χ1v) is 6.21. The lowest BCUT2D eigenvalue weighted by atomic mass is 10.1. The van der Waals surface area contributed by atoms with Gasteiger partial charge < -0.3 is 5.11 Å². The SMILES string of the molecule is CSCC(C(=O)O)c1ccc(Cl)s1. The first-order valence-electron chi connectivity index (χ1n) is 3.62. The van der Waals surface area contributed by atoms with Crippen LogP contribution in [0.15, 0.2) is 12.1 Å². The second-order valence-corrected chi connectivity index (χ2v) is 5.15. The molecule has 1 heterocycles. The van der Waals surface area contributed by atoms with Gasteiger partial charge in [0.05, 0.1) is 10.3 Å². The first-order chi connectivity index (χ1) is 6.15. The zero-order chi connectivity index (χ0) is 9.84. The Kier molecular flexibility index (Phi) is 4.09. The van der Waals surface area contributed by atoms with Crippen LogP contribution in [0.3, 0.4) is 0 Å². The molecule has 0 radical (unpaired) electrons. The molecule has 72 valence electrons. The lowest BCUT2D eigenvalue weighted by Gasteiger charge is -2.07. The minimum absolute atomic E-state index is 0.424. The largest absolute Gasteiger partial charge is 0.481 e. The van der Waals surface area contributed by atoms with Crippen LogP contribution in [-0.4, -0.2) is 23.1 Å². The Balaban J connectivity index is 2.81. The second kappa shape index (κ2) is 4.88. The van der Waals surface area contributed by atoms with E-state index in [9.17, 15) is 4.79 Å². The molecule has 13 heavy (non-hydrogen) atoms. The fourth-order valence-electron chi connectivity index (χ4n) is 0.957. The fraction of sp³-hybridized carbons (Fsp3) is 0.375. The van der Waals surface area contributed by atoms with E-state index < -0.39 is 11.9 Å². The molecule has 0 aliphatic heterocycles. The molecule has 0 saturated carbocycles. The Morgan fingerprint density at radius 3 is 2.85 bits per heavy atom. The van der Waals surface area contributed by atoms with Crippen LogP contribution in [0, 0.1) is 0 Å². The number of thiophene rings is 1. The van der Waals surface area contributed by atoms with Crippen LogP contribution in [-0.2, 0) is 4.79 Å². The summed E-state index contributed by atoms with van der Waals surface area (Å²) in [5.74, 6) is -0.619. The number of carboxylic acid groups (broad SMARTS) is 1. The lowest BCUT2D eigenvalue weighted by molar-refractivity contribution is -0.138. The summed E-state index contributed by atoms with van der Waals surface area (Å²) >= 11 is 8.59. The highest BCUT2D eigenvalue weighted by Crippen LogP contribution is 2.30. The molecule has 1 atom stereocenters. The Morgan fingerprint density at radius 1 is 1.77 bits per heavy atom. The first kappa shape index (κ1) is 10.9. The Morgan fingerprint density at radius 2 is 2.46 bits per heavy atom. The second-order valence-electron chi connectivity index (χ2n) is 2.49. The summed E-state index contributed by atoms with van der Waals surface area (Å²) in [6, 6.07) is 3.51. The molecule has 0 aliphatic carbocycles. The third-order valence-electron chi connectivity index (χ3n) is 1.57. The number of hydrogen-bond donors (Lipinski definition) is 1. The van der Waals surface area contributed by atoms with Crippen molar-refractivity contribution in [2.45, 2.75) is 5.92 Å². The van der Waals surface area contributed by atoms with Gasteiger partial charge >= 0.3 is 5.97 Å². The van der Waals surface area contributed by atoms with Crippen molar-refractivity contribution in [3.05, 3.63) is 21.3 Å². The van der Waals surface area contributed by atoms with Crippen LogP contribution in [0.5, 0.6) is 0 Å². The Labute approximate surface area is 89.9 Å². The monoisotopic (exact) mass is 236 g/mol. The van der Waals surface area contributed by atoms with Crippen LogP contribution in [0.1, 0.15) is 10.8 Å². The summed E-state index contributed by atoms with van der Waals surface area (Å²) in [6.45, 7) is 0. The summed E-state index contributed by atoms with van der Waals surface area (Å²) in [5, 5.41) is 8.92. The highest BCUT2D eigenvalue weighted by Gasteiger charge is 2.20. The van der Waals surface area contributed by atoms with Gasteiger partial charge in [-0.3, -0.25) is 4.79 Å². The van der Waals surface area contributed by atoms with E-state index in [0.717, 1.165) is 4.88 Å². The van der Waals surface area contributed by atoms with Crippen LogP contribution in [0.4, 0.5) is 0 Å². The third kappa shape index (κ3) is 2.90. The van der Waals surface area contributed by atoms with E-state index in [1.807, 2.05) is 6.26 Å². The molecule has 0 saturated heterocycles. The van der Waals surface area contributed by atoms with Crippen LogP contribution < -0.4 is 0 Å². The summed E-state index contributed by atoms with van der Waals surface area (Å²) in [7, 11) is 0. The lowest BCUT2D eigenvalue weighted by Crippen LogP contribution is -2.12. The van der Waals surface area contributed by atoms with Crippen molar-refractivity contribution >= 4 is 40.7 Å². The number of rotatable bonds is 4. The van der Waals surface area contributed by atoms with E-state index in [2.05, 4.69) is 0 Å². The number of hydrogen-bond acceptors (Lipinski definition) is 3. The number of halogens is 1. The average Bonchev–Trinajstić information content (AvgIpc) is 2.46. The zero-order valence-electron chi connectivity index (χ0n) is 6.99. The zero-order valence-corrected chi connectivity index (χ0v) is 9.38. The molecule has 1 aromatic heterocycles. The van der Waals surface area contributed by atoms with Crippen molar-refractivity contribution < 1.29 is 9.90 Å². The van der Waals surface area contributed by atoms with Gasteiger partial charge in [-0.25, -0.2) is 0 Å². The minimum Gasteiger partial charge on any atom is -0.481 e. The van der Waals surface area contributed by atoms with Crippen LogP contribution in [0.25, 0.3) is 0 Å². The van der Waals surface area contributed by atoms with E-state index in [1.54, 1.807) is 12.1 Å². The van der Waals surface area contributed by atoms with Gasteiger partial charge in [-0.2, -0.15) is 11.8 Å². The minimum atomic E-state index is -0.784.